The Balaban J connectivity index is 1.67. The quantitative estimate of drug-likeness (QED) is 0.861. The van der Waals surface area contributed by atoms with Gasteiger partial charge in [-0.05, 0) is 41.7 Å². The average molecular weight is 378 g/mol. The maximum Gasteiger partial charge on any atom is 0.224 e. The molecule has 0 aliphatic heterocycles. The van der Waals surface area contributed by atoms with Crippen LogP contribution in [0.5, 0.6) is 0 Å². The second-order valence-electron chi connectivity index (χ2n) is 5.77. The summed E-state index contributed by atoms with van der Waals surface area (Å²) in [6.45, 7) is 0. The van der Waals surface area contributed by atoms with Crippen LogP contribution in [0, 0.1) is 5.82 Å². The summed E-state index contributed by atoms with van der Waals surface area (Å²) in [5.74, 6) is -0.527. The van der Waals surface area contributed by atoms with E-state index < -0.39 is 6.10 Å². The van der Waals surface area contributed by atoms with Crippen LogP contribution < -0.4 is 5.32 Å². The van der Waals surface area contributed by atoms with Crippen molar-refractivity contribution in [1.29, 1.82) is 0 Å². The van der Waals surface area contributed by atoms with Crippen molar-refractivity contribution >= 4 is 21.8 Å². The van der Waals surface area contributed by atoms with Crippen LogP contribution in [-0.2, 0) is 17.6 Å². The lowest BCUT2D eigenvalue weighted by atomic mass is 9.86. The molecule has 0 radical (unpaired) electrons. The zero-order chi connectivity index (χ0) is 16.4. The highest BCUT2D eigenvalue weighted by atomic mass is 79.9. The van der Waals surface area contributed by atoms with Gasteiger partial charge in [0, 0.05) is 4.47 Å². The molecule has 3 nitrogen and oxygen atoms in total. The molecule has 23 heavy (non-hydrogen) atoms. The summed E-state index contributed by atoms with van der Waals surface area (Å²) in [7, 11) is 0. The van der Waals surface area contributed by atoms with Crippen molar-refractivity contribution in [2.75, 3.05) is 0 Å². The van der Waals surface area contributed by atoms with Crippen LogP contribution in [0.15, 0.2) is 46.9 Å². The van der Waals surface area contributed by atoms with Crippen molar-refractivity contribution in [3.8, 4) is 0 Å². The number of nitrogens with one attached hydrogen (secondary N) is 1. The van der Waals surface area contributed by atoms with Crippen molar-refractivity contribution in [2.45, 2.75) is 31.4 Å². The summed E-state index contributed by atoms with van der Waals surface area (Å²) in [5, 5.41) is 13.3. The Morgan fingerprint density at radius 3 is 2.87 bits per heavy atom. The topological polar surface area (TPSA) is 49.3 Å². The molecular weight excluding hydrogens is 361 g/mol. The monoisotopic (exact) mass is 377 g/mol. The molecule has 3 rings (SSSR count). The zero-order valence-electron chi connectivity index (χ0n) is 12.4. The molecule has 2 atom stereocenters. The first-order valence-electron chi connectivity index (χ1n) is 7.54. The normalized spacial score (nSPS) is 20.0. The molecule has 2 unspecified atom stereocenters. The first kappa shape index (κ1) is 16.1. The Morgan fingerprint density at radius 2 is 2.09 bits per heavy atom. The third-order valence-electron chi connectivity index (χ3n) is 4.19. The number of aliphatic hydroxyl groups excluding tert-OH is 1. The third kappa shape index (κ3) is 3.62. The minimum atomic E-state index is -0.694. The first-order chi connectivity index (χ1) is 11.0. The summed E-state index contributed by atoms with van der Waals surface area (Å²) in [6, 6.07) is 11.7. The Labute approximate surface area is 142 Å². The first-order valence-corrected chi connectivity index (χ1v) is 8.33. The van der Waals surface area contributed by atoms with Crippen LogP contribution in [0.1, 0.15) is 29.2 Å². The minimum absolute atomic E-state index is 0.145. The zero-order valence-corrected chi connectivity index (χ0v) is 14.0. The predicted octanol–water partition coefficient (Wildman–Crippen LogP) is 3.30. The van der Waals surface area contributed by atoms with E-state index in [4.69, 9.17) is 0 Å². The predicted molar refractivity (Wildman–Crippen MR) is 89.5 cm³/mol. The van der Waals surface area contributed by atoms with Crippen molar-refractivity contribution in [1.82, 2.24) is 5.32 Å². The van der Waals surface area contributed by atoms with Crippen molar-refractivity contribution in [3.05, 3.63) is 69.4 Å². The summed E-state index contributed by atoms with van der Waals surface area (Å²) < 4.78 is 13.7. The van der Waals surface area contributed by atoms with E-state index in [1.165, 1.54) is 12.1 Å². The molecule has 1 aliphatic carbocycles. The molecule has 1 aliphatic rings. The highest BCUT2D eigenvalue weighted by Crippen LogP contribution is 2.29. The van der Waals surface area contributed by atoms with Gasteiger partial charge in [-0.1, -0.05) is 46.3 Å². The van der Waals surface area contributed by atoms with Gasteiger partial charge >= 0.3 is 0 Å². The Hall–Kier alpha value is -1.72. The molecule has 0 bridgehead atoms. The van der Waals surface area contributed by atoms with Gasteiger partial charge in [0.25, 0.3) is 0 Å². The van der Waals surface area contributed by atoms with Gasteiger partial charge in [0.15, 0.2) is 0 Å². The van der Waals surface area contributed by atoms with Gasteiger partial charge in [-0.3, -0.25) is 4.79 Å². The van der Waals surface area contributed by atoms with E-state index in [0.29, 0.717) is 10.9 Å². The van der Waals surface area contributed by atoms with Gasteiger partial charge in [-0.25, -0.2) is 4.39 Å². The SMILES string of the molecule is O=C(Cc1ccc(F)cc1Br)NC1CCc2ccccc2C1O. The van der Waals surface area contributed by atoms with Gasteiger partial charge in [0.2, 0.25) is 5.91 Å². The highest BCUT2D eigenvalue weighted by molar-refractivity contribution is 9.10. The van der Waals surface area contributed by atoms with Crippen LogP contribution in [-0.4, -0.2) is 17.1 Å². The van der Waals surface area contributed by atoms with Gasteiger partial charge < -0.3 is 10.4 Å². The molecule has 0 saturated heterocycles. The fourth-order valence-electron chi connectivity index (χ4n) is 2.98. The van der Waals surface area contributed by atoms with E-state index >= 15 is 0 Å². The molecule has 2 N–H and O–H groups in total. The van der Waals surface area contributed by atoms with E-state index in [2.05, 4.69) is 21.2 Å². The molecule has 0 heterocycles. The number of fused-ring (bicyclic) bond motifs is 1. The van der Waals surface area contributed by atoms with Crippen LogP contribution >= 0.6 is 15.9 Å². The number of halogens is 2. The maximum absolute atomic E-state index is 13.1. The molecule has 1 amide bonds. The number of hydrogen-bond donors (Lipinski definition) is 2. The van der Waals surface area contributed by atoms with Crippen LogP contribution in [0.4, 0.5) is 4.39 Å². The van der Waals surface area contributed by atoms with Crippen LogP contribution in [0.3, 0.4) is 0 Å². The number of aryl methyl sites for hydroxylation is 1. The molecule has 5 heteroatoms. The lowest BCUT2D eigenvalue weighted by Gasteiger charge is -2.30. The average Bonchev–Trinajstić information content (AvgIpc) is 2.53. The Kier molecular flexibility index (Phi) is 4.78. The number of aliphatic hydroxyl groups is 1. The summed E-state index contributed by atoms with van der Waals surface area (Å²) in [6.07, 6.45) is 0.985. The fourth-order valence-corrected chi connectivity index (χ4v) is 3.47. The molecule has 120 valence electrons. The molecule has 0 fully saturated rings. The van der Waals surface area contributed by atoms with Crippen molar-refractivity contribution in [2.24, 2.45) is 0 Å². The second kappa shape index (κ2) is 6.81. The van der Waals surface area contributed by atoms with Gasteiger partial charge in [-0.2, -0.15) is 0 Å². The van der Waals surface area contributed by atoms with E-state index in [9.17, 15) is 14.3 Å². The highest BCUT2D eigenvalue weighted by Gasteiger charge is 2.28. The van der Waals surface area contributed by atoms with Gasteiger partial charge in [0.1, 0.15) is 5.82 Å². The van der Waals surface area contributed by atoms with Gasteiger partial charge in [-0.15, -0.1) is 0 Å². The lowest BCUT2D eigenvalue weighted by Crippen LogP contribution is -2.42. The number of carbonyl (C=O) groups is 1. The molecule has 0 aromatic heterocycles. The summed E-state index contributed by atoms with van der Waals surface area (Å²) in [5.41, 5.74) is 2.73. The summed E-state index contributed by atoms with van der Waals surface area (Å²) >= 11 is 3.26. The largest absolute Gasteiger partial charge is 0.386 e. The van der Waals surface area contributed by atoms with Gasteiger partial charge in [0.05, 0.1) is 18.6 Å². The van der Waals surface area contributed by atoms with E-state index in [1.54, 1.807) is 6.07 Å². The molecule has 2 aromatic carbocycles. The smallest absolute Gasteiger partial charge is 0.224 e. The van der Waals surface area contributed by atoms with Crippen LogP contribution in [0.2, 0.25) is 0 Å². The standard InChI is InChI=1S/C18H17BrFNO2/c19-15-10-13(20)7-5-12(15)9-17(22)21-16-8-6-11-3-1-2-4-14(11)18(16)23/h1-5,7,10,16,18,23H,6,8-9H2,(H,21,22). The minimum Gasteiger partial charge on any atom is -0.386 e. The summed E-state index contributed by atoms with van der Waals surface area (Å²) in [4.78, 5) is 12.2. The lowest BCUT2D eigenvalue weighted by molar-refractivity contribution is -0.122. The number of benzene rings is 2. The fraction of sp³-hybridized carbons (Fsp3) is 0.278. The third-order valence-corrected chi connectivity index (χ3v) is 4.93. The van der Waals surface area contributed by atoms with Crippen molar-refractivity contribution < 1.29 is 14.3 Å². The number of carbonyl (C=O) groups excluding carboxylic acids is 1. The Bertz CT molecular complexity index is 735. The molecule has 2 aromatic rings. The van der Waals surface area contributed by atoms with Crippen molar-refractivity contribution in [3.63, 3.8) is 0 Å². The molecular formula is C18H17BrFNO2. The Morgan fingerprint density at radius 1 is 1.30 bits per heavy atom. The molecule has 0 spiro atoms. The number of hydrogen-bond acceptors (Lipinski definition) is 2. The molecule has 0 saturated carbocycles. The van der Waals surface area contributed by atoms with E-state index in [1.807, 2.05) is 24.3 Å². The van der Waals surface area contributed by atoms with E-state index in [0.717, 1.165) is 23.1 Å². The van der Waals surface area contributed by atoms with E-state index in [-0.39, 0.29) is 24.2 Å². The second-order valence-corrected chi connectivity index (χ2v) is 6.62. The number of rotatable bonds is 3. The maximum atomic E-state index is 13.1. The van der Waals surface area contributed by atoms with Crippen LogP contribution in [0.25, 0.3) is 0 Å². The number of amides is 1.